The molecule has 0 aliphatic rings. The number of carbonyl (C=O) groups is 1. The second-order valence-electron chi connectivity index (χ2n) is 6.52. The number of benzene rings is 2. The lowest BCUT2D eigenvalue weighted by molar-refractivity contribution is 0.0983. The molecule has 1 amide bonds. The fourth-order valence-electron chi connectivity index (χ4n) is 3.15. The standard InChI is InChI=1S/C22H27N3OS3.ClH/c1-5-24(6-2)14-15-25(21(26)16-10-12-17(27-3)13-11-16)22-23-20-18(28-4)8-7-9-19(20)29-22;/h7-13H,5-6,14-15H2,1-4H3;1H. The Labute approximate surface area is 197 Å². The normalized spacial score (nSPS) is 11.0. The number of fused-ring (bicyclic) bond motifs is 1. The fourth-order valence-corrected chi connectivity index (χ4v) is 5.20. The first-order valence-corrected chi connectivity index (χ1v) is 13.0. The third kappa shape index (κ3) is 5.71. The van der Waals surface area contributed by atoms with Crippen molar-refractivity contribution in [2.75, 3.05) is 43.6 Å². The van der Waals surface area contributed by atoms with Gasteiger partial charge in [-0.3, -0.25) is 9.69 Å². The van der Waals surface area contributed by atoms with Gasteiger partial charge in [-0.25, -0.2) is 4.98 Å². The summed E-state index contributed by atoms with van der Waals surface area (Å²) in [6.07, 6.45) is 4.10. The van der Waals surface area contributed by atoms with Crippen LogP contribution < -0.4 is 4.90 Å². The molecule has 30 heavy (non-hydrogen) atoms. The zero-order valence-corrected chi connectivity index (χ0v) is 21.0. The number of anilines is 1. The predicted octanol–water partition coefficient (Wildman–Crippen LogP) is 6.15. The van der Waals surface area contributed by atoms with Crippen LogP contribution in [0.5, 0.6) is 0 Å². The molecule has 8 heteroatoms. The third-order valence-corrected chi connectivity index (χ3v) is 7.49. The summed E-state index contributed by atoms with van der Waals surface area (Å²) >= 11 is 4.96. The molecular weight excluding hydrogens is 454 g/mol. The zero-order chi connectivity index (χ0) is 20.8. The van der Waals surface area contributed by atoms with Crippen molar-refractivity contribution >= 4 is 68.5 Å². The average molecular weight is 482 g/mol. The highest BCUT2D eigenvalue weighted by Crippen LogP contribution is 2.34. The minimum absolute atomic E-state index is 0. The number of thioether (sulfide) groups is 2. The summed E-state index contributed by atoms with van der Waals surface area (Å²) in [5.41, 5.74) is 1.69. The Balaban J connectivity index is 0.00000320. The van der Waals surface area contributed by atoms with E-state index in [0.717, 1.165) is 44.8 Å². The van der Waals surface area contributed by atoms with Gasteiger partial charge in [-0.2, -0.15) is 0 Å². The molecule has 0 aliphatic heterocycles. The van der Waals surface area contributed by atoms with Crippen LogP contribution in [0.25, 0.3) is 10.2 Å². The number of rotatable bonds is 9. The Morgan fingerprint density at radius 2 is 1.70 bits per heavy atom. The molecule has 3 rings (SSSR count). The van der Waals surface area contributed by atoms with Crippen LogP contribution in [0.3, 0.4) is 0 Å². The smallest absolute Gasteiger partial charge is 0.260 e. The Kier molecular flexibility index (Phi) is 9.97. The number of nitrogens with zero attached hydrogens (tertiary/aromatic N) is 3. The van der Waals surface area contributed by atoms with Crippen LogP contribution in [-0.2, 0) is 0 Å². The molecule has 162 valence electrons. The van der Waals surface area contributed by atoms with Gasteiger partial charge in [0.1, 0.15) is 0 Å². The molecule has 0 aliphatic carbocycles. The van der Waals surface area contributed by atoms with Crippen molar-refractivity contribution in [2.45, 2.75) is 23.6 Å². The van der Waals surface area contributed by atoms with Gasteiger partial charge in [0.15, 0.2) is 5.13 Å². The van der Waals surface area contributed by atoms with E-state index in [1.165, 1.54) is 0 Å². The van der Waals surface area contributed by atoms with E-state index >= 15 is 0 Å². The molecule has 2 aromatic carbocycles. The van der Waals surface area contributed by atoms with Crippen molar-refractivity contribution in [2.24, 2.45) is 0 Å². The van der Waals surface area contributed by atoms with Crippen LogP contribution in [0.4, 0.5) is 5.13 Å². The molecular formula is C22H28ClN3OS3. The second kappa shape index (κ2) is 12.0. The molecule has 0 unspecified atom stereocenters. The second-order valence-corrected chi connectivity index (χ2v) is 9.25. The monoisotopic (exact) mass is 481 g/mol. The number of halogens is 1. The molecule has 0 saturated carbocycles. The van der Waals surface area contributed by atoms with Crippen molar-refractivity contribution in [3.63, 3.8) is 0 Å². The molecule has 0 spiro atoms. The van der Waals surface area contributed by atoms with Gasteiger partial charge >= 0.3 is 0 Å². The van der Waals surface area contributed by atoms with E-state index in [-0.39, 0.29) is 18.3 Å². The predicted molar refractivity (Wildman–Crippen MR) is 136 cm³/mol. The molecule has 0 fully saturated rings. The first-order chi connectivity index (χ1) is 14.1. The van der Waals surface area contributed by atoms with E-state index in [1.54, 1.807) is 34.9 Å². The molecule has 1 aromatic heterocycles. The summed E-state index contributed by atoms with van der Waals surface area (Å²) in [6, 6.07) is 14.1. The molecule has 0 saturated heterocycles. The van der Waals surface area contributed by atoms with Gasteiger partial charge in [0.05, 0.1) is 10.2 Å². The molecule has 0 bridgehead atoms. The lowest BCUT2D eigenvalue weighted by Gasteiger charge is -2.24. The number of likely N-dealkylation sites (N-methyl/N-ethyl adjacent to an activating group) is 1. The Bertz CT molecular complexity index is 958. The zero-order valence-electron chi connectivity index (χ0n) is 17.8. The summed E-state index contributed by atoms with van der Waals surface area (Å²) in [6.45, 7) is 7.69. The van der Waals surface area contributed by atoms with Crippen LogP contribution in [-0.4, -0.2) is 54.5 Å². The van der Waals surface area contributed by atoms with Crippen molar-refractivity contribution < 1.29 is 4.79 Å². The molecule has 0 radical (unpaired) electrons. The minimum atomic E-state index is 0. The van der Waals surface area contributed by atoms with E-state index in [1.807, 2.05) is 35.4 Å². The van der Waals surface area contributed by atoms with Crippen LogP contribution in [0, 0.1) is 0 Å². The quantitative estimate of drug-likeness (QED) is 0.342. The number of amides is 1. The topological polar surface area (TPSA) is 36.4 Å². The highest BCUT2D eigenvalue weighted by atomic mass is 35.5. The largest absolute Gasteiger partial charge is 0.302 e. The van der Waals surface area contributed by atoms with Gasteiger partial charge in [0.2, 0.25) is 0 Å². The average Bonchev–Trinajstić information content (AvgIpc) is 3.20. The van der Waals surface area contributed by atoms with Gasteiger partial charge in [0.25, 0.3) is 5.91 Å². The lowest BCUT2D eigenvalue weighted by atomic mass is 10.2. The Morgan fingerprint density at radius 3 is 2.30 bits per heavy atom. The minimum Gasteiger partial charge on any atom is -0.302 e. The maximum Gasteiger partial charge on any atom is 0.260 e. The van der Waals surface area contributed by atoms with Gasteiger partial charge in [-0.05, 0) is 62.0 Å². The SMILES string of the molecule is CCN(CC)CCN(C(=O)c1ccc(SC)cc1)c1nc2c(SC)cccc2s1.Cl. The molecule has 4 nitrogen and oxygen atoms in total. The van der Waals surface area contributed by atoms with Gasteiger partial charge in [-0.15, -0.1) is 35.9 Å². The summed E-state index contributed by atoms with van der Waals surface area (Å²) < 4.78 is 1.12. The molecule has 1 heterocycles. The van der Waals surface area contributed by atoms with Crippen LogP contribution in [0.15, 0.2) is 52.3 Å². The summed E-state index contributed by atoms with van der Waals surface area (Å²) in [7, 11) is 0. The number of carbonyl (C=O) groups excluding carboxylic acids is 1. The van der Waals surface area contributed by atoms with E-state index in [2.05, 4.69) is 43.2 Å². The highest BCUT2D eigenvalue weighted by molar-refractivity contribution is 7.99. The van der Waals surface area contributed by atoms with Gasteiger partial charge in [0, 0.05) is 28.4 Å². The van der Waals surface area contributed by atoms with Crippen LogP contribution in [0.2, 0.25) is 0 Å². The number of thiazole rings is 1. The van der Waals surface area contributed by atoms with Crippen molar-refractivity contribution in [3.05, 3.63) is 48.0 Å². The Hall–Kier alpha value is -1.25. The third-order valence-electron chi connectivity index (χ3n) is 4.94. The number of aromatic nitrogens is 1. The van der Waals surface area contributed by atoms with E-state index in [9.17, 15) is 4.79 Å². The van der Waals surface area contributed by atoms with Gasteiger partial charge < -0.3 is 4.90 Å². The van der Waals surface area contributed by atoms with Crippen molar-refractivity contribution in [1.82, 2.24) is 9.88 Å². The maximum atomic E-state index is 13.4. The fraction of sp³-hybridized carbons (Fsp3) is 0.364. The first kappa shape index (κ1) is 25.0. The Morgan fingerprint density at radius 1 is 1.00 bits per heavy atom. The van der Waals surface area contributed by atoms with E-state index < -0.39 is 0 Å². The lowest BCUT2D eigenvalue weighted by Crippen LogP contribution is -2.38. The molecule has 0 N–H and O–H groups in total. The van der Waals surface area contributed by atoms with Gasteiger partial charge in [-0.1, -0.05) is 31.3 Å². The molecule has 3 aromatic rings. The van der Waals surface area contributed by atoms with Crippen molar-refractivity contribution in [1.29, 1.82) is 0 Å². The first-order valence-electron chi connectivity index (χ1n) is 9.73. The van der Waals surface area contributed by atoms with E-state index in [0.29, 0.717) is 12.1 Å². The molecule has 0 atom stereocenters. The van der Waals surface area contributed by atoms with Crippen LogP contribution in [0.1, 0.15) is 24.2 Å². The summed E-state index contributed by atoms with van der Waals surface area (Å²) in [4.78, 5) is 24.8. The number of hydrogen-bond acceptors (Lipinski definition) is 6. The van der Waals surface area contributed by atoms with Crippen molar-refractivity contribution in [3.8, 4) is 0 Å². The van der Waals surface area contributed by atoms with E-state index in [4.69, 9.17) is 4.98 Å². The maximum absolute atomic E-state index is 13.4. The number of hydrogen-bond donors (Lipinski definition) is 0. The summed E-state index contributed by atoms with van der Waals surface area (Å²) in [5, 5.41) is 0.771. The number of para-hydroxylation sites is 1. The summed E-state index contributed by atoms with van der Waals surface area (Å²) in [5.74, 6) is 0.00886. The van der Waals surface area contributed by atoms with Crippen LogP contribution >= 0.6 is 47.3 Å². The highest BCUT2D eigenvalue weighted by Gasteiger charge is 2.22.